The summed E-state index contributed by atoms with van der Waals surface area (Å²) in [6, 6.07) is 55.3. The molecule has 1 aliphatic carbocycles. The topological polar surface area (TPSA) is 6.48 Å². The van der Waals surface area contributed by atoms with Gasteiger partial charge in [0.05, 0.1) is 11.4 Å². The van der Waals surface area contributed by atoms with Crippen molar-refractivity contribution >= 4 is 55.7 Å². The zero-order chi connectivity index (χ0) is 38.7. The maximum atomic E-state index is 2.55. The van der Waals surface area contributed by atoms with E-state index in [-0.39, 0.29) is 0 Å². The molecular formula is C54H50N2. The molecular weight excluding hydrogens is 677 g/mol. The van der Waals surface area contributed by atoms with Crippen LogP contribution in [0.5, 0.6) is 0 Å². The Hall–Kier alpha value is -6.12. The summed E-state index contributed by atoms with van der Waals surface area (Å²) in [6.07, 6.45) is 2.06. The zero-order valence-corrected chi connectivity index (χ0v) is 33.7. The van der Waals surface area contributed by atoms with Crippen LogP contribution in [0.1, 0.15) is 54.2 Å². The van der Waals surface area contributed by atoms with Crippen molar-refractivity contribution in [2.24, 2.45) is 5.92 Å². The first-order valence-electron chi connectivity index (χ1n) is 20.2. The summed E-state index contributed by atoms with van der Waals surface area (Å²) >= 11 is 0. The Kier molecular flexibility index (Phi) is 9.01. The Balaban J connectivity index is 1.45. The number of rotatable bonds is 9. The van der Waals surface area contributed by atoms with E-state index in [1.54, 1.807) is 0 Å². The number of anilines is 6. The monoisotopic (exact) mass is 726 g/mol. The van der Waals surface area contributed by atoms with Gasteiger partial charge in [-0.2, -0.15) is 0 Å². The average molecular weight is 727 g/mol. The summed E-state index contributed by atoms with van der Waals surface area (Å²) in [5.74, 6) is 0.591. The third kappa shape index (κ3) is 6.14. The zero-order valence-electron chi connectivity index (χ0n) is 33.7. The van der Waals surface area contributed by atoms with Crippen LogP contribution >= 0.6 is 0 Å². The second-order valence-electron chi connectivity index (χ2n) is 16.3. The molecule has 56 heavy (non-hydrogen) atoms. The van der Waals surface area contributed by atoms with Crippen molar-refractivity contribution in [1.82, 2.24) is 0 Å². The Labute approximate surface area is 332 Å². The molecule has 0 bridgehead atoms. The van der Waals surface area contributed by atoms with Gasteiger partial charge >= 0.3 is 0 Å². The molecule has 0 amide bonds. The highest BCUT2D eigenvalue weighted by Crippen LogP contribution is 2.61. The second-order valence-corrected chi connectivity index (χ2v) is 16.3. The van der Waals surface area contributed by atoms with Gasteiger partial charge in [-0.3, -0.25) is 0 Å². The van der Waals surface area contributed by atoms with Gasteiger partial charge in [-0.1, -0.05) is 118 Å². The van der Waals surface area contributed by atoms with Crippen LogP contribution in [0, 0.1) is 33.6 Å². The van der Waals surface area contributed by atoms with Gasteiger partial charge in [0.15, 0.2) is 0 Å². The highest BCUT2D eigenvalue weighted by Gasteiger charge is 2.35. The quantitative estimate of drug-likeness (QED) is 0.137. The van der Waals surface area contributed by atoms with E-state index in [1.807, 2.05) is 0 Å². The summed E-state index contributed by atoms with van der Waals surface area (Å²) in [5.41, 5.74) is 19.9. The Morgan fingerprint density at radius 1 is 0.446 bits per heavy atom. The molecule has 276 valence electrons. The van der Waals surface area contributed by atoms with Gasteiger partial charge < -0.3 is 9.80 Å². The number of hydrogen-bond donors (Lipinski definition) is 0. The molecule has 0 saturated carbocycles. The Morgan fingerprint density at radius 3 is 1.29 bits per heavy atom. The molecule has 0 radical (unpaired) electrons. The first kappa shape index (κ1) is 35.6. The maximum Gasteiger partial charge on any atom is 0.0626 e. The molecule has 0 fully saturated rings. The third-order valence-corrected chi connectivity index (χ3v) is 11.4. The summed E-state index contributed by atoms with van der Waals surface area (Å²) in [6.45, 7) is 15.7. The minimum atomic E-state index is 0.591. The van der Waals surface area contributed by atoms with Crippen molar-refractivity contribution in [3.05, 3.63) is 179 Å². The number of benzene rings is 8. The molecule has 0 saturated heterocycles. The Morgan fingerprint density at radius 2 is 0.875 bits per heavy atom. The molecule has 8 aromatic rings. The fourth-order valence-electron chi connectivity index (χ4n) is 9.26. The smallest absolute Gasteiger partial charge is 0.0626 e. The predicted octanol–water partition coefficient (Wildman–Crippen LogP) is 15.6. The van der Waals surface area contributed by atoms with Crippen LogP contribution in [0.15, 0.2) is 146 Å². The number of nitrogens with zero attached hydrogens (tertiary/aromatic N) is 2. The fraction of sp³-hybridized carbons (Fsp3) is 0.185. The molecule has 0 atom stereocenters. The molecule has 2 nitrogen and oxygen atoms in total. The first-order valence-corrected chi connectivity index (χ1v) is 20.2. The van der Waals surface area contributed by atoms with E-state index < -0.39 is 0 Å². The van der Waals surface area contributed by atoms with Crippen molar-refractivity contribution in [2.45, 2.75) is 61.3 Å². The van der Waals surface area contributed by atoms with Crippen LogP contribution in [0.2, 0.25) is 0 Å². The summed E-state index contributed by atoms with van der Waals surface area (Å²) in [7, 11) is 0. The first-order chi connectivity index (χ1) is 27.2. The number of aryl methyl sites for hydroxylation is 5. The van der Waals surface area contributed by atoms with E-state index in [4.69, 9.17) is 0 Å². The lowest BCUT2D eigenvalue weighted by Crippen LogP contribution is -2.16. The Bertz CT molecular complexity index is 2720. The summed E-state index contributed by atoms with van der Waals surface area (Å²) in [4.78, 5) is 5.09. The summed E-state index contributed by atoms with van der Waals surface area (Å²) in [5, 5.41) is 5.02. The predicted molar refractivity (Wildman–Crippen MR) is 242 cm³/mol. The van der Waals surface area contributed by atoms with Crippen molar-refractivity contribution in [3.63, 3.8) is 0 Å². The fourth-order valence-corrected chi connectivity index (χ4v) is 9.26. The average Bonchev–Trinajstić information content (AvgIpc) is 3.51. The van der Waals surface area contributed by atoms with Crippen molar-refractivity contribution in [1.29, 1.82) is 0 Å². The highest BCUT2D eigenvalue weighted by molar-refractivity contribution is 6.28. The van der Waals surface area contributed by atoms with Crippen LogP contribution in [0.4, 0.5) is 34.1 Å². The lowest BCUT2D eigenvalue weighted by atomic mass is 9.90. The molecule has 0 heterocycles. The van der Waals surface area contributed by atoms with E-state index in [9.17, 15) is 0 Å². The van der Waals surface area contributed by atoms with E-state index in [0.717, 1.165) is 24.2 Å². The summed E-state index contributed by atoms with van der Waals surface area (Å²) < 4.78 is 0. The molecule has 0 N–H and O–H groups in total. The molecule has 0 aromatic heterocycles. The lowest BCUT2D eigenvalue weighted by Gasteiger charge is -2.34. The minimum absolute atomic E-state index is 0.591. The molecule has 9 rings (SSSR count). The van der Waals surface area contributed by atoms with E-state index in [2.05, 4.69) is 204 Å². The van der Waals surface area contributed by atoms with Crippen LogP contribution in [0.3, 0.4) is 0 Å². The van der Waals surface area contributed by atoms with Crippen molar-refractivity contribution < 1.29 is 0 Å². The molecule has 8 aromatic carbocycles. The van der Waals surface area contributed by atoms with Crippen LogP contribution in [0.25, 0.3) is 43.8 Å². The van der Waals surface area contributed by atoms with Crippen LogP contribution in [-0.4, -0.2) is 0 Å². The molecule has 2 heteroatoms. The second kappa shape index (κ2) is 14.2. The van der Waals surface area contributed by atoms with Gasteiger partial charge in [-0.25, -0.2) is 0 Å². The standard InChI is InChI=1S/C54H50N2/c1-8-39-19-23-42(24-20-39)55(44-30-35(4)28-36(5)31-44)53-46-15-9-10-16-47(46)54(52-49-18-12-14-41-13-11-17-48(50(41)49)51(52)53)56(45-32-37(6)29-38(7)33-45)43-25-21-40(22-26-43)27-34(2)3/h9-26,28-34H,8,27H2,1-7H3. The largest absolute Gasteiger partial charge is 0.309 e. The third-order valence-electron chi connectivity index (χ3n) is 11.4. The van der Waals surface area contributed by atoms with E-state index >= 15 is 0 Å². The van der Waals surface area contributed by atoms with Gasteiger partial charge in [-0.15, -0.1) is 0 Å². The van der Waals surface area contributed by atoms with Crippen molar-refractivity contribution in [2.75, 3.05) is 9.80 Å². The van der Waals surface area contributed by atoms with E-state index in [0.29, 0.717) is 5.92 Å². The van der Waals surface area contributed by atoms with Crippen LogP contribution in [-0.2, 0) is 12.8 Å². The molecule has 1 aliphatic rings. The van der Waals surface area contributed by atoms with Gasteiger partial charge in [0, 0.05) is 44.6 Å². The van der Waals surface area contributed by atoms with Gasteiger partial charge in [0.1, 0.15) is 0 Å². The normalized spacial score (nSPS) is 11.8. The molecule has 0 aliphatic heterocycles. The van der Waals surface area contributed by atoms with Gasteiger partial charge in [0.25, 0.3) is 0 Å². The minimum Gasteiger partial charge on any atom is -0.309 e. The van der Waals surface area contributed by atoms with Gasteiger partial charge in [0.2, 0.25) is 0 Å². The molecule has 0 spiro atoms. The lowest BCUT2D eigenvalue weighted by molar-refractivity contribution is 0.647. The van der Waals surface area contributed by atoms with E-state index in [1.165, 1.54) is 99.9 Å². The number of hydrogen-bond acceptors (Lipinski definition) is 2. The molecule has 0 unspecified atom stereocenters. The van der Waals surface area contributed by atoms with Crippen LogP contribution < -0.4 is 9.80 Å². The SMILES string of the molecule is CCc1ccc(N(c2cc(C)cc(C)c2)c2c3c(c(N(c4ccc(CC(C)C)cc4)c4cc(C)cc(C)c4)c4ccccc24)-c2cccc4cccc-3c24)cc1. The number of fused-ring (bicyclic) bond motifs is 4. The maximum absolute atomic E-state index is 2.55. The van der Waals surface area contributed by atoms with Gasteiger partial charge in [-0.05, 0) is 150 Å². The highest BCUT2D eigenvalue weighted by atomic mass is 15.2. The van der Waals surface area contributed by atoms with Crippen molar-refractivity contribution in [3.8, 4) is 22.3 Å².